The first-order chi connectivity index (χ1) is 21.4. The van der Waals surface area contributed by atoms with Gasteiger partial charge in [-0.15, -0.1) is 0 Å². The Morgan fingerprint density at radius 2 is 1.09 bits per heavy atom. The molecule has 0 fully saturated rings. The summed E-state index contributed by atoms with van der Waals surface area (Å²) in [6.45, 7) is 10.9. The topological polar surface area (TPSA) is 143 Å². The van der Waals surface area contributed by atoms with E-state index in [1.165, 1.54) is 84.2 Å². The van der Waals surface area contributed by atoms with Gasteiger partial charge in [-0.05, 0) is 31.6 Å². The molecule has 0 bridgehead atoms. The van der Waals surface area contributed by atoms with Crippen LogP contribution in [0.1, 0.15) is 151 Å². The summed E-state index contributed by atoms with van der Waals surface area (Å²) >= 11 is 0. The number of ether oxygens (including phenoxy) is 1. The van der Waals surface area contributed by atoms with Crippen LogP contribution in [0.2, 0.25) is 0 Å². The summed E-state index contributed by atoms with van der Waals surface area (Å²) in [5.74, 6) is -2.38. The van der Waals surface area contributed by atoms with E-state index in [2.05, 4.69) is 28.2 Å². The number of carbonyl (C=O) groups is 5. The molecule has 0 aliphatic rings. The Bertz CT molecular complexity index is 848. The van der Waals surface area contributed by atoms with E-state index in [9.17, 15) is 24.0 Å². The molecule has 0 rings (SSSR count). The van der Waals surface area contributed by atoms with Gasteiger partial charge in [0.15, 0.2) is 0 Å². The van der Waals surface area contributed by atoms with Crippen molar-refractivity contribution in [2.24, 2.45) is 11.8 Å². The highest BCUT2D eigenvalue weighted by Gasteiger charge is 2.28. The van der Waals surface area contributed by atoms with Gasteiger partial charge < -0.3 is 26.0 Å². The van der Waals surface area contributed by atoms with Crippen LogP contribution >= 0.6 is 0 Å². The maximum atomic E-state index is 12.8. The maximum absolute atomic E-state index is 12.8. The van der Waals surface area contributed by atoms with Gasteiger partial charge in [0.1, 0.15) is 18.1 Å². The lowest BCUT2D eigenvalue weighted by Crippen LogP contribution is -2.56. The van der Waals surface area contributed by atoms with Crippen molar-refractivity contribution in [1.82, 2.24) is 21.3 Å². The Morgan fingerprint density at radius 1 is 0.600 bits per heavy atom. The summed E-state index contributed by atoms with van der Waals surface area (Å²) in [4.78, 5) is 62.3. The van der Waals surface area contributed by atoms with Crippen molar-refractivity contribution in [2.75, 3.05) is 13.7 Å². The Morgan fingerprint density at radius 3 is 1.53 bits per heavy atom. The highest BCUT2D eigenvalue weighted by Crippen LogP contribution is 2.14. The number of unbranched alkanes of at least 4 members (excludes halogenated alkanes) is 14. The van der Waals surface area contributed by atoms with Gasteiger partial charge in [0.2, 0.25) is 23.6 Å². The van der Waals surface area contributed by atoms with Crippen LogP contribution in [0.3, 0.4) is 0 Å². The molecule has 0 heterocycles. The molecule has 0 aliphatic heterocycles. The lowest BCUT2D eigenvalue weighted by atomic mass is 10.0. The van der Waals surface area contributed by atoms with Gasteiger partial charge >= 0.3 is 5.97 Å². The monoisotopic (exact) mass is 638 g/mol. The van der Waals surface area contributed by atoms with Crippen molar-refractivity contribution in [3.8, 4) is 0 Å². The van der Waals surface area contributed by atoms with Crippen LogP contribution in [0.5, 0.6) is 0 Å². The third kappa shape index (κ3) is 22.5. The zero-order valence-electron chi connectivity index (χ0n) is 29.6. The molecule has 0 aliphatic carbocycles. The van der Waals surface area contributed by atoms with Gasteiger partial charge in [0, 0.05) is 6.42 Å². The molecule has 45 heavy (non-hydrogen) atoms. The maximum Gasteiger partial charge on any atom is 0.328 e. The minimum Gasteiger partial charge on any atom is -0.467 e. The van der Waals surface area contributed by atoms with E-state index >= 15 is 0 Å². The first kappa shape index (κ1) is 42.3. The lowest BCUT2D eigenvalue weighted by Gasteiger charge is -2.24. The van der Waals surface area contributed by atoms with Crippen LogP contribution in [0, 0.1) is 11.8 Å². The molecule has 10 nitrogen and oxygen atoms in total. The van der Waals surface area contributed by atoms with Crippen molar-refractivity contribution in [1.29, 1.82) is 0 Å². The van der Waals surface area contributed by atoms with Gasteiger partial charge in [-0.2, -0.15) is 0 Å². The van der Waals surface area contributed by atoms with Gasteiger partial charge in [0.05, 0.1) is 13.7 Å². The third-order valence-corrected chi connectivity index (χ3v) is 7.98. The van der Waals surface area contributed by atoms with Crippen LogP contribution in [-0.2, 0) is 28.7 Å². The molecule has 262 valence electrons. The first-order valence-corrected chi connectivity index (χ1v) is 17.7. The molecular formula is C35H66N4O6. The highest BCUT2D eigenvalue weighted by molar-refractivity contribution is 5.93. The van der Waals surface area contributed by atoms with E-state index in [0.717, 1.165) is 19.3 Å². The van der Waals surface area contributed by atoms with Gasteiger partial charge in [0.25, 0.3) is 0 Å². The van der Waals surface area contributed by atoms with Crippen LogP contribution in [0.4, 0.5) is 0 Å². The van der Waals surface area contributed by atoms with Crippen molar-refractivity contribution in [3.05, 3.63) is 0 Å². The normalized spacial score (nSPS) is 13.2. The van der Waals surface area contributed by atoms with Crippen LogP contribution < -0.4 is 21.3 Å². The van der Waals surface area contributed by atoms with Crippen LogP contribution in [0.15, 0.2) is 0 Å². The van der Waals surface area contributed by atoms with E-state index in [-0.39, 0.29) is 24.3 Å². The Hall–Kier alpha value is -2.65. The lowest BCUT2D eigenvalue weighted by molar-refractivity contribution is -0.145. The minimum absolute atomic E-state index is 0.149. The fourth-order valence-electron chi connectivity index (χ4n) is 5.20. The summed E-state index contributed by atoms with van der Waals surface area (Å²) in [6, 6.07) is -2.51. The quantitative estimate of drug-likeness (QED) is 0.0670. The summed E-state index contributed by atoms with van der Waals surface area (Å²) in [5, 5.41) is 10.5. The molecule has 0 aromatic rings. The molecule has 0 radical (unpaired) electrons. The number of hydrogen-bond donors (Lipinski definition) is 4. The van der Waals surface area contributed by atoms with Crippen molar-refractivity contribution < 1.29 is 28.7 Å². The average molecular weight is 639 g/mol. The van der Waals surface area contributed by atoms with Gasteiger partial charge in [-0.3, -0.25) is 19.2 Å². The molecule has 4 N–H and O–H groups in total. The number of methoxy groups -OCH3 is 1. The van der Waals surface area contributed by atoms with Crippen LogP contribution in [-0.4, -0.2) is 61.4 Å². The molecule has 0 saturated carbocycles. The summed E-state index contributed by atoms with van der Waals surface area (Å²) < 4.78 is 4.75. The molecule has 0 unspecified atom stereocenters. The minimum atomic E-state index is -0.896. The predicted molar refractivity (Wildman–Crippen MR) is 180 cm³/mol. The molecule has 0 saturated heterocycles. The summed E-state index contributed by atoms with van der Waals surface area (Å²) in [6.07, 6.45) is 19.6. The second-order valence-electron chi connectivity index (χ2n) is 13.2. The fraction of sp³-hybridized carbons (Fsp3) is 0.857. The summed E-state index contributed by atoms with van der Waals surface area (Å²) in [5.41, 5.74) is 0. The second kappa shape index (κ2) is 26.6. The standard InChI is InChI=1S/C35H66N4O6/c1-8-9-10-11-12-13-14-15-16-17-18-19-20-21-22-23-30(40)37-28(6)33(42)39-32(27(4)5)34(43)36-25-31(41)38-29(24-26(2)3)35(44)45-7/h26-29,32H,8-25H2,1-7H3,(H,36,43)(H,37,40)(H,38,41)(H,39,42)/t28-,29-,32-/m0/s1. The number of hydrogen-bond acceptors (Lipinski definition) is 6. The average Bonchev–Trinajstić information content (AvgIpc) is 2.99. The van der Waals surface area contributed by atoms with Gasteiger partial charge in [-0.1, -0.05) is 125 Å². The van der Waals surface area contributed by atoms with Gasteiger partial charge in [-0.25, -0.2) is 4.79 Å². The second-order valence-corrected chi connectivity index (χ2v) is 13.2. The molecule has 10 heteroatoms. The van der Waals surface area contributed by atoms with Crippen molar-refractivity contribution in [2.45, 2.75) is 169 Å². The predicted octanol–water partition coefficient (Wildman–Crippen LogP) is 5.71. The van der Waals surface area contributed by atoms with Crippen molar-refractivity contribution >= 4 is 29.6 Å². The van der Waals surface area contributed by atoms with E-state index in [0.29, 0.717) is 12.8 Å². The number of esters is 1. The Balaban J connectivity index is 4.25. The molecule has 0 spiro atoms. The summed E-state index contributed by atoms with van der Waals surface area (Å²) in [7, 11) is 1.25. The molecule has 0 aromatic heterocycles. The van der Waals surface area contributed by atoms with Crippen molar-refractivity contribution in [3.63, 3.8) is 0 Å². The number of amides is 4. The third-order valence-electron chi connectivity index (χ3n) is 7.98. The Kier molecular flexibility index (Phi) is 25.0. The van der Waals surface area contributed by atoms with E-state index in [4.69, 9.17) is 4.74 Å². The number of rotatable bonds is 27. The Labute approximate surface area is 273 Å². The number of nitrogens with one attached hydrogen (secondary N) is 4. The molecule has 0 aromatic carbocycles. The largest absolute Gasteiger partial charge is 0.467 e. The molecule has 4 amide bonds. The van der Waals surface area contributed by atoms with E-state index in [1.54, 1.807) is 20.8 Å². The van der Waals surface area contributed by atoms with E-state index in [1.807, 2.05) is 13.8 Å². The first-order valence-electron chi connectivity index (χ1n) is 17.7. The zero-order valence-corrected chi connectivity index (χ0v) is 29.6. The number of carbonyl (C=O) groups excluding carboxylic acids is 5. The van der Waals surface area contributed by atoms with E-state index < -0.39 is 41.8 Å². The highest BCUT2D eigenvalue weighted by atomic mass is 16.5. The molecular weight excluding hydrogens is 572 g/mol. The van der Waals surface area contributed by atoms with Crippen LogP contribution in [0.25, 0.3) is 0 Å². The molecule has 3 atom stereocenters. The zero-order chi connectivity index (χ0) is 34.0. The smallest absolute Gasteiger partial charge is 0.328 e. The fourth-order valence-corrected chi connectivity index (χ4v) is 5.20. The SMILES string of the molecule is CCCCCCCCCCCCCCCCCC(=O)N[C@@H](C)C(=O)N[C@H](C(=O)NCC(=O)N[C@@H](CC(C)C)C(=O)OC)C(C)C.